The number of carbonyl (C=O) groups excluding carboxylic acids is 1. The highest BCUT2D eigenvalue weighted by molar-refractivity contribution is 9.10. The molecule has 6 heteroatoms. The zero-order chi connectivity index (χ0) is 13.7. The van der Waals surface area contributed by atoms with Gasteiger partial charge in [-0.25, -0.2) is 4.79 Å². The van der Waals surface area contributed by atoms with Crippen LogP contribution in [0.25, 0.3) is 0 Å². The molecule has 1 N–H and O–H groups in total. The smallest absolute Gasteiger partial charge is 0.326 e. The summed E-state index contributed by atoms with van der Waals surface area (Å²) in [5, 5.41) is 8.78. The summed E-state index contributed by atoms with van der Waals surface area (Å²) >= 11 is 3.29. The molecule has 1 atom stereocenters. The second-order valence-corrected chi connectivity index (χ2v) is 4.68. The van der Waals surface area contributed by atoms with Gasteiger partial charge in [-0.1, -0.05) is 22.0 Å². The predicted molar refractivity (Wildman–Crippen MR) is 69.5 cm³/mol. The molecule has 0 aromatic heterocycles. The van der Waals surface area contributed by atoms with Crippen LogP contribution in [0.15, 0.2) is 28.7 Å². The molecular weight excluding hydrogens is 302 g/mol. The lowest BCUT2D eigenvalue weighted by Crippen LogP contribution is -2.42. The summed E-state index contributed by atoms with van der Waals surface area (Å²) in [4.78, 5) is 23.5. The fourth-order valence-corrected chi connectivity index (χ4v) is 1.56. The van der Waals surface area contributed by atoms with Crippen molar-refractivity contribution in [2.45, 2.75) is 13.0 Å². The van der Waals surface area contributed by atoms with E-state index in [0.29, 0.717) is 5.75 Å². The van der Waals surface area contributed by atoms with Gasteiger partial charge >= 0.3 is 5.97 Å². The number of aliphatic carboxylic acids is 1. The topological polar surface area (TPSA) is 66.8 Å². The van der Waals surface area contributed by atoms with E-state index in [-0.39, 0.29) is 12.5 Å². The Kier molecular flexibility index (Phi) is 5.15. The number of ether oxygens (including phenoxy) is 1. The van der Waals surface area contributed by atoms with Crippen molar-refractivity contribution in [3.8, 4) is 5.75 Å². The number of carbonyl (C=O) groups is 2. The Hall–Kier alpha value is -1.56. The zero-order valence-electron chi connectivity index (χ0n) is 10.1. The van der Waals surface area contributed by atoms with Crippen LogP contribution < -0.4 is 4.74 Å². The van der Waals surface area contributed by atoms with Crippen molar-refractivity contribution in [2.75, 3.05) is 13.7 Å². The van der Waals surface area contributed by atoms with Crippen molar-refractivity contribution < 1.29 is 19.4 Å². The second kappa shape index (κ2) is 6.39. The Morgan fingerprint density at radius 2 is 2.17 bits per heavy atom. The third-order valence-corrected chi connectivity index (χ3v) is 2.98. The van der Waals surface area contributed by atoms with Crippen LogP contribution in [0.2, 0.25) is 0 Å². The molecule has 0 saturated heterocycles. The monoisotopic (exact) mass is 315 g/mol. The van der Waals surface area contributed by atoms with Crippen LogP contribution >= 0.6 is 15.9 Å². The lowest BCUT2D eigenvalue weighted by atomic mass is 10.3. The fraction of sp³-hybridized carbons (Fsp3) is 0.333. The lowest BCUT2D eigenvalue weighted by molar-refractivity contribution is -0.148. The van der Waals surface area contributed by atoms with Gasteiger partial charge in [-0.15, -0.1) is 0 Å². The molecule has 0 spiro atoms. The van der Waals surface area contributed by atoms with Crippen molar-refractivity contribution in [3.05, 3.63) is 28.7 Å². The standard InChI is InChI=1S/C12H14BrNO4/c1-8(12(16)17)14(2)11(15)7-18-10-5-3-4-9(13)6-10/h3-6,8H,7H2,1-2H3,(H,16,17). The summed E-state index contributed by atoms with van der Waals surface area (Å²) in [5.74, 6) is -0.882. The van der Waals surface area contributed by atoms with E-state index in [0.717, 1.165) is 9.37 Å². The molecule has 1 aromatic carbocycles. The second-order valence-electron chi connectivity index (χ2n) is 3.76. The van der Waals surface area contributed by atoms with Crippen molar-refractivity contribution >= 4 is 27.8 Å². The molecule has 0 aliphatic heterocycles. The Bertz CT molecular complexity index is 449. The van der Waals surface area contributed by atoms with E-state index in [2.05, 4.69) is 15.9 Å². The average Bonchev–Trinajstić information content (AvgIpc) is 2.34. The Balaban J connectivity index is 2.53. The predicted octanol–water partition coefficient (Wildman–Crippen LogP) is 1.76. The van der Waals surface area contributed by atoms with E-state index < -0.39 is 12.0 Å². The van der Waals surface area contributed by atoms with Gasteiger partial charge in [0.2, 0.25) is 0 Å². The molecule has 18 heavy (non-hydrogen) atoms. The van der Waals surface area contributed by atoms with Gasteiger partial charge in [0.15, 0.2) is 6.61 Å². The highest BCUT2D eigenvalue weighted by atomic mass is 79.9. The molecule has 0 aliphatic rings. The maximum atomic E-state index is 11.7. The van der Waals surface area contributed by atoms with Crippen molar-refractivity contribution in [3.63, 3.8) is 0 Å². The van der Waals surface area contributed by atoms with E-state index >= 15 is 0 Å². The molecule has 1 rings (SSSR count). The van der Waals surface area contributed by atoms with Crippen LogP contribution in [0.5, 0.6) is 5.75 Å². The molecule has 5 nitrogen and oxygen atoms in total. The number of benzene rings is 1. The number of amides is 1. The first-order valence-electron chi connectivity index (χ1n) is 5.28. The largest absolute Gasteiger partial charge is 0.484 e. The summed E-state index contributed by atoms with van der Waals surface area (Å²) in [7, 11) is 1.44. The van der Waals surface area contributed by atoms with Gasteiger partial charge in [-0.2, -0.15) is 0 Å². The van der Waals surface area contributed by atoms with Gasteiger partial charge in [-0.05, 0) is 25.1 Å². The molecule has 0 bridgehead atoms. The highest BCUT2D eigenvalue weighted by Gasteiger charge is 2.21. The van der Waals surface area contributed by atoms with Gasteiger partial charge < -0.3 is 14.7 Å². The Morgan fingerprint density at radius 3 is 2.72 bits per heavy atom. The highest BCUT2D eigenvalue weighted by Crippen LogP contribution is 2.17. The molecule has 0 saturated carbocycles. The SMILES string of the molecule is CC(C(=O)O)N(C)C(=O)COc1cccc(Br)c1. The van der Waals surface area contributed by atoms with Crippen molar-refractivity contribution in [1.82, 2.24) is 4.90 Å². The molecule has 98 valence electrons. The number of rotatable bonds is 5. The van der Waals surface area contributed by atoms with Gasteiger partial charge in [0.1, 0.15) is 11.8 Å². The lowest BCUT2D eigenvalue weighted by Gasteiger charge is -2.21. The minimum atomic E-state index is -1.05. The van der Waals surface area contributed by atoms with Crippen LogP contribution in [0.3, 0.4) is 0 Å². The quantitative estimate of drug-likeness (QED) is 0.899. The fourth-order valence-electron chi connectivity index (χ4n) is 1.19. The molecule has 1 amide bonds. The molecule has 1 aromatic rings. The van der Waals surface area contributed by atoms with Crippen LogP contribution in [-0.4, -0.2) is 41.6 Å². The third-order valence-electron chi connectivity index (χ3n) is 2.49. The van der Waals surface area contributed by atoms with Gasteiger partial charge in [-0.3, -0.25) is 4.79 Å². The maximum absolute atomic E-state index is 11.7. The zero-order valence-corrected chi connectivity index (χ0v) is 11.7. The van der Waals surface area contributed by atoms with Crippen LogP contribution in [-0.2, 0) is 9.59 Å². The number of halogens is 1. The van der Waals surface area contributed by atoms with E-state index in [1.54, 1.807) is 18.2 Å². The van der Waals surface area contributed by atoms with Crippen LogP contribution in [0.4, 0.5) is 0 Å². The Morgan fingerprint density at radius 1 is 1.50 bits per heavy atom. The first kappa shape index (κ1) is 14.5. The first-order chi connectivity index (χ1) is 8.41. The van der Waals surface area contributed by atoms with Crippen molar-refractivity contribution in [2.24, 2.45) is 0 Å². The molecular formula is C12H14BrNO4. The number of hydrogen-bond donors (Lipinski definition) is 1. The van der Waals surface area contributed by atoms with Gasteiger partial charge in [0.25, 0.3) is 5.91 Å². The first-order valence-corrected chi connectivity index (χ1v) is 6.08. The number of carboxylic acid groups (broad SMARTS) is 1. The normalized spacial score (nSPS) is 11.7. The summed E-state index contributed by atoms with van der Waals surface area (Å²) < 4.78 is 6.13. The van der Waals surface area contributed by atoms with Crippen LogP contribution in [0.1, 0.15) is 6.92 Å². The minimum Gasteiger partial charge on any atom is -0.484 e. The molecule has 0 fully saturated rings. The van der Waals surface area contributed by atoms with Crippen molar-refractivity contribution in [1.29, 1.82) is 0 Å². The molecule has 0 aliphatic carbocycles. The number of hydrogen-bond acceptors (Lipinski definition) is 3. The van der Waals surface area contributed by atoms with E-state index in [4.69, 9.17) is 9.84 Å². The maximum Gasteiger partial charge on any atom is 0.326 e. The molecule has 0 radical (unpaired) electrons. The summed E-state index contributed by atoms with van der Waals surface area (Å²) in [6.07, 6.45) is 0. The number of likely N-dealkylation sites (N-methyl/N-ethyl adjacent to an activating group) is 1. The Labute approximate surface area is 113 Å². The number of nitrogens with zero attached hydrogens (tertiary/aromatic N) is 1. The van der Waals surface area contributed by atoms with E-state index in [9.17, 15) is 9.59 Å². The van der Waals surface area contributed by atoms with Gasteiger partial charge in [0.05, 0.1) is 0 Å². The molecule has 1 unspecified atom stereocenters. The third kappa shape index (κ3) is 4.03. The van der Waals surface area contributed by atoms with Gasteiger partial charge in [0, 0.05) is 11.5 Å². The summed E-state index contributed by atoms with van der Waals surface area (Å²) in [6.45, 7) is 1.25. The number of carboxylic acids is 1. The summed E-state index contributed by atoms with van der Waals surface area (Å²) in [6, 6.07) is 6.21. The van der Waals surface area contributed by atoms with Crippen LogP contribution in [0, 0.1) is 0 Å². The average molecular weight is 316 g/mol. The summed E-state index contributed by atoms with van der Waals surface area (Å²) in [5.41, 5.74) is 0. The minimum absolute atomic E-state index is 0.190. The van der Waals surface area contributed by atoms with E-state index in [1.807, 2.05) is 6.07 Å². The van der Waals surface area contributed by atoms with E-state index in [1.165, 1.54) is 14.0 Å². The molecule has 0 heterocycles.